The number of likely N-dealkylation sites (tertiary alicyclic amines) is 1. The molecule has 1 unspecified atom stereocenters. The molecule has 2 heterocycles. The van der Waals surface area contributed by atoms with E-state index >= 15 is 0 Å². The van der Waals surface area contributed by atoms with Crippen LogP contribution in [0.1, 0.15) is 12.1 Å². The first-order valence-electron chi connectivity index (χ1n) is 5.63. The fourth-order valence-corrected chi connectivity index (χ4v) is 1.98. The SMILES string of the molecule is CN1CCC(NCCc2ccn(C)n2)C1=O. The van der Waals surface area contributed by atoms with Crippen molar-refractivity contribution in [2.45, 2.75) is 18.9 Å². The van der Waals surface area contributed by atoms with Crippen molar-refractivity contribution in [2.24, 2.45) is 7.05 Å². The second-order valence-corrected chi connectivity index (χ2v) is 4.29. The number of amides is 1. The topological polar surface area (TPSA) is 50.2 Å². The zero-order valence-electron chi connectivity index (χ0n) is 9.81. The number of hydrogen-bond donors (Lipinski definition) is 1. The van der Waals surface area contributed by atoms with E-state index < -0.39 is 0 Å². The van der Waals surface area contributed by atoms with E-state index in [4.69, 9.17) is 0 Å². The molecule has 1 aromatic heterocycles. The van der Waals surface area contributed by atoms with Crippen molar-refractivity contribution in [1.82, 2.24) is 20.0 Å². The molecule has 1 atom stereocenters. The molecule has 1 aromatic rings. The van der Waals surface area contributed by atoms with Gasteiger partial charge < -0.3 is 10.2 Å². The third-order valence-electron chi connectivity index (χ3n) is 2.97. The Morgan fingerprint density at radius 1 is 1.56 bits per heavy atom. The third kappa shape index (κ3) is 2.41. The van der Waals surface area contributed by atoms with Gasteiger partial charge in [0.1, 0.15) is 0 Å². The number of carbonyl (C=O) groups is 1. The molecule has 5 heteroatoms. The number of nitrogens with zero attached hydrogens (tertiary/aromatic N) is 3. The van der Waals surface area contributed by atoms with Gasteiger partial charge >= 0.3 is 0 Å². The molecule has 0 radical (unpaired) electrons. The molecule has 1 N–H and O–H groups in total. The molecule has 0 spiro atoms. The Labute approximate surface area is 95.4 Å². The fourth-order valence-electron chi connectivity index (χ4n) is 1.98. The van der Waals surface area contributed by atoms with E-state index in [0.717, 1.165) is 31.6 Å². The van der Waals surface area contributed by atoms with Crippen molar-refractivity contribution < 1.29 is 4.79 Å². The highest BCUT2D eigenvalue weighted by Gasteiger charge is 2.27. The Morgan fingerprint density at radius 2 is 2.38 bits per heavy atom. The summed E-state index contributed by atoms with van der Waals surface area (Å²) < 4.78 is 1.80. The maximum Gasteiger partial charge on any atom is 0.239 e. The Bertz CT molecular complexity index is 374. The Balaban J connectivity index is 1.74. The Kier molecular flexibility index (Phi) is 3.24. The normalized spacial score (nSPS) is 20.8. The summed E-state index contributed by atoms with van der Waals surface area (Å²) in [4.78, 5) is 13.4. The van der Waals surface area contributed by atoms with E-state index in [1.54, 1.807) is 9.58 Å². The highest BCUT2D eigenvalue weighted by molar-refractivity contribution is 5.83. The van der Waals surface area contributed by atoms with Crippen LogP contribution in [0.3, 0.4) is 0 Å². The summed E-state index contributed by atoms with van der Waals surface area (Å²) in [7, 11) is 3.76. The van der Waals surface area contributed by atoms with Crippen molar-refractivity contribution in [2.75, 3.05) is 20.1 Å². The lowest BCUT2D eigenvalue weighted by Gasteiger charge is -2.11. The van der Waals surface area contributed by atoms with Gasteiger partial charge in [0.15, 0.2) is 0 Å². The number of carbonyl (C=O) groups excluding carboxylic acids is 1. The quantitative estimate of drug-likeness (QED) is 0.766. The highest BCUT2D eigenvalue weighted by Crippen LogP contribution is 2.08. The summed E-state index contributed by atoms with van der Waals surface area (Å²) >= 11 is 0. The maximum absolute atomic E-state index is 11.6. The lowest BCUT2D eigenvalue weighted by molar-refractivity contribution is -0.128. The van der Waals surface area contributed by atoms with E-state index in [-0.39, 0.29) is 11.9 Å². The van der Waals surface area contributed by atoms with Crippen LogP contribution in [0.4, 0.5) is 0 Å². The summed E-state index contributed by atoms with van der Waals surface area (Å²) in [6.07, 6.45) is 3.72. The summed E-state index contributed by atoms with van der Waals surface area (Å²) in [5.74, 6) is 0.209. The molecule has 0 aliphatic carbocycles. The number of aromatic nitrogens is 2. The van der Waals surface area contributed by atoms with E-state index in [1.165, 1.54) is 0 Å². The van der Waals surface area contributed by atoms with Gasteiger partial charge in [-0.05, 0) is 12.5 Å². The van der Waals surface area contributed by atoms with Gasteiger partial charge in [-0.15, -0.1) is 0 Å². The number of rotatable bonds is 4. The molecule has 1 fully saturated rings. The van der Waals surface area contributed by atoms with Crippen LogP contribution >= 0.6 is 0 Å². The molecule has 2 rings (SSSR count). The van der Waals surface area contributed by atoms with Gasteiger partial charge in [0, 0.05) is 39.8 Å². The Hall–Kier alpha value is -1.36. The fraction of sp³-hybridized carbons (Fsp3) is 0.636. The first-order chi connectivity index (χ1) is 7.66. The molecule has 16 heavy (non-hydrogen) atoms. The van der Waals surface area contributed by atoms with Gasteiger partial charge in [0.2, 0.25) is 5.91 Å². The second-order valence-electron chi connectivity index (χ2n) is 4.29. The Morgan fingerprint density at radius 3 is 2.94 bits per heavy atom. The van der Waals surface area contributed by atoms with Gasteiger partial charge in [-0.2, -0.15) is 5.10 Å². The third-order valence-corrected chi connectivity index (χ3v) is 2.97. The van der Waals surface area contributed by atoms with Crippen LogP contribution < -0.4 is 5.32 Å². The van der Waals surface area contributed by atoms with Crippen molar-refractivity contribution in [3.63, 3.8) is 0 Å². The zero-order chi connectivity index (χ0) is 11.5. The van der Waals surface area contributed by atoms with Crippen LogP contribution in [0.25, 0.3) is 0 Å². The van der Waals surface area contributed by atoms with Crippen LogP contribution in [-0.4, -0.2) is 46.8 Å². The number of aryl methyl sites for hydroxylation is 1. The predicted molar refractivity (Wildman–Crippen MR) is 61.0 cm³/mol. The van der Waals surface area contributed by atoms with Crippen molar-refractivity contribution in [3.8, 4) is 0 Å². The number of hydrogen-bond acceptors (Lipinski definition) is 3. The lowest BCUT2D eigenvalue weighted by atomic mass is 10.2. The first-order valence-corrected chi connectivity index (χ1v) is 5.63. The zero-order valence-corrected chi connectivity index (χ0v) is 9.81. The molecule has 1 amide bonds. The molecule has 88 valence electrons. The summed E-state index contributed by atoms with van der Waals surface area (Å²) in [5, 5.41) is 7.57. The maximum atomic E-state index is 11.6. The molecular weight excluding hydrogens is 204 g/mol. The molecule has 1 aliphatic rings. The molecule has 0 aromatic carbocycles. The average molecular weight is 222 g/mol. The van der Waals surface area contributed by atoms with Gasteiger partial charge in [-0.25, -0.2) is 0 Å². The van der Waals surface area contributed by atoms with E-state index in [2.05, 4.69) is 10.4 Å². The summed E-state index contributed by atoms with van der Waals surface area (Å²) in [5.41, 5.74) is 1.06. The molecular formula is C11H18N4O. The van der Waals surface area contributed by atoms with Gasteiger partial charge in [-0.1, -0.05) is 0 Å². The van der Waals surface area contributed by atoms with E-state index in [9.17, 15) is 4.79 Å². The van der Waals surface area contributed by atoms with E-state index in [0.29, 0.717) is 0 Å². The van der Waals surface area contributed by atoms with Crippen molar-refractivity contribution in [3.05, 3.63) is 18.0 Å². The minimum Gasteiger partial charge on any atom is -0.344 e. The minimum atomic E-state index is 0.00807. The monoisotopic (exact) mass is 222 g/mol. The average Bonchev–Trinajstić information content (AvgIpc) is 2.79. The van der Waals surface area contributed by atoms with E-state index in [1.807, 2.05) is 26.4 Å². The summed E-state index contributed by atoms with van der Waals surface area (Å²) in [6.45, 7) is 1.67. The van der Waals surface area contributed by atoms with Gasteiger partial charge in [0.25, 0.3) is 0 Å². The van der Waals surface area contributed by atoms with Gasteiger partial charge in [0.05, 0.1) is 11.7 Å². The molecule has 0 bridgehead atoms. The highest BCUT2D eigenvalue weighted by atomic mass is 16.2. The minimum absolute atomic E-state index is 0.00807. The first kappa shape index (κ1) is 11.1. The van der Waals surface area contributed by atoms with Crippen LogP contribution in [0.15, 0.2) is 12.3 Å². The largest absolute Gasteiger partial charge is 0.344 e. The standard InChI is InChI=1S/C11H18N4O/c1-14-7-5-10(11(14)16)12-6-3-9-4-8-15(2)13-9/h4,8,10,12H,3,5-7H2,1-2H3. The van der Waals surface area contributed by atoms with Crippen LogP contribution in [0.5, 0.6) is 0 Å². The van der Waals surface area contributed by atoms with Crippen LogP contribution in [0.2, 0.25) is 0 Å². The van der Waals surface area contributed by atoms with Gasteiger partial charge in [-0.3, -0.25) is 9.48 Å². The lowest BCUT2D eigenvalue weighted by Crippen LogP contribution is -2.37. The molecule has 1 saturated heterocycles. The molecule has 5 nitrogen and oxygen atoms in total. The second kappa shape index (κ2) is 4.65. The van der Waals surface area contributed by atoms with Crippen molar-refractivity contribution in [1.29, 1.82) is 0 Å². The molecule has 1 aliphatic heterocycles. The summed E-state index contributed by atoms with van der Waals surface area (Å²) in [6, 6.07) is 2.01. The number of likely N-dealkylation sites (N-methyl/N-ethyl adjacent to an activating group) is 1. The number of nitrogens with one attached hydrogen (secondary N) is 1. The van der Waals surface area contributed by atoms with Crippen LogP contribution in [-0.2, 0) is 18.3 Å². The van der Waals surface area contributed by atoms with Crippen molar-refractivity contribution >= 4 is 5.91 Å². The smallest absolute Gasteiger partial charge is 0.239 e. The molecule has 0 saturated carbocycles. The predicted octanol–water partition coefficient (Wildman–Crippen LogP) is -0.217. The van der Waals surface area contributed by atoms with Crippen LogP contribution in [0, 0.1) is 0 Å².